The van der Waals surface area contributed by atoms with Crippen molar-refractivity contribution in [2.24, 2.45) is 17.8 Å². The molecular formula is C30H52O2. The molecule has 2 heteroatoms. The first-order valence-electron chi connectivity index (χ1n) is 13.4. The quantitative estimate of drug-likeness (QED) is 0.302. The average Bonchev–Trinajstić information content (AvgIpc) is 2.72. The Morgan fingerprint density at radius 1 is 0.812 bits per heavy atom. The first kappa shape index (κ1) is 27.1. The monoisotopic (exact) mass is 444 g/mol. The van der Waals surface area contributed by atoms with E-state index in [0.29, 0.717) is 0 Å². The summed E-state index contributed by atoms with van der Waals surface area (Å²) >= 11 is 0. The lowest BCUT2D eigenvalue weighted by Crippen LogP contribution is -2.37. The van der Waals surface area contributed by atoms with Gasteiger partial charge in [0.05, 0.1) is 7.11 Å². The summed E-state index contributed by atoms with van der Waals surface area (Å²) in [6.07, 6.45) is 14.3. The zero-order chi connectivity index (χ0) is 23.9. The molecule has 0 aliphatic carbocycles. The van der Waals surface area contributed by atoms with Gasteiger partial charge < -0.3 is 9.47 Å². The molecule has 0 saturated carbocycles. The Bertz CT molecular complexity index is 720. The summed E-state index contributed by atoms with van der Waals surface area (Å²) in [5.41, 5.74) is 5.07. The van der Waals surface area contributed by atoms with E-state index in [4.69, 9.17) is 9.47 Å². The Balaban J connectivity index is 1.77. The lowest BCUT2D eigenvalue weighted by atomic mass is 9.83. The van der Waals surface area contributed by atoms with Crippen molar-refractivity contribution < 1.29 is 9.47 Å². The maximum absolute atomic E-state index is 6.70. The summed E-state index contributed by atoms with van der Waals surface area (Å²) in [6, 6.07) is 0. The van der Waals surface area contributed by atoms with Crippen LogP contribution < -0.4 is 9.47 Å². The Hall–Kier alpha value is -1.18. The summed E-state index contributed by atoms with van der Waals surface area (Å²) < 4.78 is 12.4. The smallest absolute Gasteiger partial charge is 0.127 e. The zero-order valence-electron chi connectivity index (χ0n) is 22.8. The van der Waals surface area contributed by atoms with E-state index in [1.54, 1.807) is 7.11 Å². The predicted octanol–water partition coefficient (Wildman–Crippen LogP) is 9.14. The van der Waals surface area contributed by atoms with Gasteiger partial charge >= 0.3 is 0 Å². The molecule has 0 N–H and O–H groups in total. The molecule has 0 spiro atoms. The third-order valence-electron chi connectivity index (χ3n) is 8.04. The first-order chi connectivity index (χ1) is 15.1. The van der Waals surface area contributed by atoms with E-state index in [-0.39, 0.29) is 5.60 Å². The Labute approximate surface area is 199 Å². The third-order valence-corrected chi connectivity index (χ3v) is 8.04. The van der Waals surface area contributed by atoms with Crippen LogP contribution in [-0.2, 0) is 6.42 Å². The SMILES string of the molecule is COc1c(C)c(C)c2c(c1C)CC[C@@](C)(CCCC(C)CCC[C@H](C)CCCC(C)C)O2. The number of rotatable bonds is 13. The Morgan fingerprint density at radius 2 is 1.38 bits per heavy atom. The molecule has 1 aliphatic heterocycles. The molecule has 0 saturated heterocycles. The fraction of sp³-hybridized carbons (Fsp3) is 0.800. The molecule has 1 aliphatic rings. The highest BCUT2D eigenvalue weighted by molar-refractivity contribution is 5.58. The number of fused-ring (bicyclic) bond motifs is 1. The van der Waals surface area contributed by atoms with E-state index >= 15 is 0 Å². The van der Waals surface area contributed by atoms with Crippen LogP contribution in [0.1, 0.15) is 121 Å². The second kappa shape index (κ2) is 12.3. The number of benzene rings is 1. The number of methoxy groups -OCH3 is 1. The normalized spacial score (nSPS) is 20.1. The van der Waals surface area contributed by atoms with Gasteiger partial charge in [0, 0.05) is 5.56 Å². The minimum Gasteiger partial charge on any atom is -0.496 e. The molecule has 0 fully saturated rings. The number of hydrogen-bond donors (Lipinski definition) is 0. The van der Waals surface area contributed by atoms with Crippen molar-refractivity contribution in [3.63, 3.8) is 0 Å². The number of ether oxygens (including phenoxy) is 2. The fourth-order valence-electron chi connectivity index (χ4n) is 5.57. The molecule has 0 aromatic heterocycles. The standard InChI is InChI=1S/C30H52O2/c1-21(2)13-10-14-22(3)15-11-16-23(4)17-12-19-30(8)20-18-27-26(7)28(31-9)24(5)25(6)29(27)32-30/h21-23H,10-20H2,1-9H3/t22-,23?,30-/m1/s1. The van der Waals surface area contributed by atoms with Crippen molar-refractivity contribution in [2.75, 3.05) is 7.11 Å². The molecule has 1 aromatic rings. The molecule has 1 heterocycles. The van der Waals surface area contributed by atoms with Crippen LogP contribution in [0.4, 0.5) is 0 Å². The lowest BCUT2D eigenvalue weighted by Gasteiger charge is -2.38. The molecule has 184 valence electrons. The van der Waals surface area contributed by atoms with Gasteiger partial charge in [-0.05, 0) is 87.8 Å². The molecule has 0 bridgehead atoms. The number of hydrogen-bond acceptors (Lipinski definition) is 2. The minimum atomic E-state index is -0.0319. The highest BCUT2D eigenvalue weighted by Gasteiger charge is 2.34. The van der Waals surface area contributed by atoms with Crippen LogP contribution in [0.3, 0.4) is 0 Å². The predicted molar refractivity (Wildman–Crippen MR) is 139 cm³/mol. The summed E-state index contributed by atoms with van der Waals surface area (Å²) in [5.74, 6) is 4.74. The van der Waals surface area contributed by atoms with E-state index in [1.165, 1.54) is 73.6 Å². The maximum Gasteiger partial charge on any atom is 0.127 e. The van der Waals surface area contributed by atoms with Gasteiger partial charge in [0.25, 0.3) is 0 Å². The van der Waals surface area contributed by atoms with Crippen molar-refractivity contribution in [1.29, 1.82) is 0 Å². The van der Waals surface area contributed by atoms with Crippen LogP contribution in [0.5, 0.6) is 11.5 Å². The zero-order valence-corrected chi connectivity index (χ0v) is 22.8. The van der Waals surface area contributed by atoms with Crippen LogP contribution >= 0.6 is 0 Å². The lowest BCUT2D eigenvalue weighted by molar-refractivity contribution is 0.0512. The highest BCUT2D eigenvalue weighted by atomic mass is 16.5. The van der Waals surface area contributed by atoms with Gasteiger partial charge in [0.1, 0.15) is 17.1 Å². The average molecular weight is 445 g/mol. The van der Waals surface area contributed by atoms with Gasteiger partial charge in [0.15, 0.2) is 0 Å². The van der Waals surface area contributed by atoms with E-state index < -0.39 is 0 Å². The van der Waals surface area contributed by atoms with E-state index in [0.717, 1.165) is 48.5 Å². The van der Waals surface area contributed by atoms with Crippen LogP contribution in [0, 0.1) is 38.5 Å². The molecule has 3 atom stereocenters. The highest BCUT2D eigenvalue weighted by Crippen LogP contribution is 2.44. The third kappa shape index (κ3) is 7.42. The van der Waals surface area contributed by atoms with Crippen molar-refractivity contribution in [1.82, 2.24) is 0 Å². The summed E-state index contributed by atoms with van der Waals surface area (Å²) in [4.78, 5) is 0. The topological polar surface area (TPSA) is 18.5 Å². The Morgan fingerprint density at radius 3 is 1.94 bits per heavy atom. The Kier molecular flexibility index (Phi) is 10.4. The van der Waals surface area contributed by atoms with Gasteiger partial charge in [-0.25, -0.2) is 0 Å². The fourth-order valence-corrected chi connectivity index (χ4v) is 5.57. The van der Waals surface area contributed by atoms with Crippen LogP contribution in [0.2, 0.25) is 0 Å². The van der Waals surface area contributed by atoms with Crippen molar-refractivity contribution in [2.45, 2.75) is 132 Å². The molecule has 2 nitrogen and oxygen atoms in total. The summed E-state index contributed by atoms with van der Waals surface area (Å²) in [5, 5.41) is 0. The van der Waals surface area contributed by atoms with Crippen LogP contribution in [0.15, 0.2) is 0 Å². The van der Waals surface area contributed by atoms with Crippen molar-refractivity contribution in [3.8, 4) is 11.5 Å². The molecule has 1 aromatic carbocycles. The second-order valence-corrected chi connectivity index (χ2v) is 11.6. The van der Waals surface area contributed by atoms with E-state index in [9.17, 15) is 0 Å². The second-order valence-electron chi connectivity index (χ2n) is 11.6. The summed E-state index contributed by atoms with van der Waals surface area (Å²) in [7, 11) is 1.78. The van der Waals surface area contributed by atoms with Gasteiger partial charge in [-0.1, -0.05) is 72.6 Å². The molecule has 0 amide bonds. The van der Waals surface area contributed by atoms with Crippen molar-refractivity contribution >= 4 is 0 Å². The molecule has 0 radical (unpaired) electrons. The largest absolute Gasteiger partial charge is 0.496 e. The van der Waals surface area contributed by atoms with Gasteiger partial charge in [-0.2, -0.15) is 0 Å². The molecule has 1 unspecified atom stereocenters. The minimum absolute atomic E-state index is 0.0319. The van der Waals surface area contributed by atoms with Crippen LogP contribution in [0.25, 0.3) is 0 Å². The van der Waals surface area contributed by atoms with Gasteiger partial charge in [-0.3, -0.25) is 0 Å². The van der Waals surface area contributed by atoms with E-state index in [2.05, 4.69) is 55.4 Å². The van der Waals surface area contributed by atoms with Crippen LogP contribution in [-0.4, -0.2) is 12.7 Å². The molecule has 2 rings (SSSR count). The van der Waals surface area contributed by atoms with E-state index in [1.807, 2.05) is 0 Å². The first-order valence-corrected chi connectivity index (χ1v) is 13.4. The van der Waals surface area contributed by atoms with Gasteiger partial charge in [-0.15, -0.1) is 0 Å². The molecule has 32 heavy (non-hydrogen) atoms. The molecular weight excluding hydrogens is 392 g/mol. The maximum atomic E-state index is 6.70. The summed E-state index contributed by atoms with van der Waals surface area (Å²) in [6.45, 7) is 18.4. The van der Waals surface area contributed by atoms with Crippen molar-refractivity contribution in [3.05, 3.63) is 22.3 Å². The van der Waals surface area contributed by atoms with Gasteiger partial charge in [0.2, 0.25) is 0 Å².